The molecule has 0 saturated heterocycles. The second-order valence-electron chi connectivity index (χ2n) is 9.89. The lowest BCUT2D eigenvalue weighted by Gasteiger charge is -2.16. The van der Waals surface area contributed by atoms with Crippen LogP contribution in [0.25, 0.3) is 6.08 Å². The number of benzene rings is 3. The van der Waals surface area contributed by atoms with Crippen LogP contribution < -0.4 is 18.9 Å². The highest BCUT2D eigenvalue weighted by molar-refractivity contribution is 5.93. The topological polar surface area (TPSA) is 132 Å². The van der Waals surface area contributed by atoms with Crippen molar-refractivity contribution in [2.24, 2.45) is 0 Å². The Kier molecular flexibility index (Phi) is 12.3. The maximum Gasteiger partial charge on any atom is 0.342 e. The molecule has 0 aromatic heterocycles. The Morgan fingerprint density at radius 3 is 1.75 bits per heavy atom. The molecule has 242 valence electrons. The van der Waals surface area contributed by atoms with Crippen LogP contribution in [0.2, 0.25) is 0 Å². The molecule has 0 radical (unpaired) electrons. The van der Waals surface area contributed by atoms with Crippen molar-refractivity contribution in [2.45, 2.75) is 20.8 Å². The summed E-state index contributed by atoms with van der Waals surface area (Å²) in [6.07, 6.45) is 4.36. The zero-order chi connectivity index (χ0) is 35.4. The van der Waals surface area contributed by atoms with Crippen molar-refractivity contribution in [1.82, 2.24) is 0 Å². The number of ether oxygens (including phenoxy) is 5. The first-order valence-corrected chi connectivity index (χ1v) is 14.0. The van der Waals surface area contributed by atoms with E-state index in [0.717, 1.165) is 18.4 Å². The van der Waals surface area contributed by atoms with Gasteiger partial charge in [0, 0.05) is 40.0 Å². The van der Waals surface area contributed by atoms with E-state index < -0.39 is 29.8 Å². The summed E-state index contributed by atoms with van der Waals surface area (Å²) in [5.74, 6) is 2.76. The number of carbonyl (C=O) groups excluding carboxylic acids is 5. The van der Waals surface area contributed by atoms with Crippen molar-refractivity contribution >= 4 is 35.9 Å². The molecule has 0 bridgehead atoms. The molecule has 48 heavy (non-hydrogen) atoms. The Balaban J connectivity index is 2.04. The van der Waals surface area contributed by atoms with Crippen LogP contribution in [0.4, 0.5) is 0 Å². The number of esters is 5. The summed E-state index contributed by atoms with van der Waals surface area (Å²) in [5, 5.41) is 0. The lowest BCUT2D eigenvalue weighted by atomic mass is 10.0. The third kappa shape index (κ3) is 9.89. The van der Waals surface area contributed by atoms with Crippen molar-refractivity contribution in [3.05, 3.63) is 138 Å². The van der Waals surface area contributed by atoms with Crippen LogP contribution in [-0.2, 0) is 23.9 Å². The van der Waals surface area contributed by atoms with Gasteiger partial charge in [-0.2, -0.15) is 0 Å². The van der Waals surface area contributed by atoms with Gasteiger partial charge in [0.2, 0.25) is 0 Å². The fraction of sp³-hybridized carbons (Fsp3) is 0.0789. The Morgan fingerprint density at radius 2 is 1.23 bits per heavy atom. The van der Waals surface area contributed by atoms with Gasteiger partial charge in [0.05, 0.1) is 17.4 Å². The largest absolute Gasteiger partial charge is 0.431 e. The van der Waals surface area contributed by atoms with Crippen molar-refractivity contribution in [3.8, 4) is 34.8 Å². The smallest absolute Gasteiger partial charge is 0.342 e. The monoisotopic (exact) mass is 646 g/mol. The van der Waals surface area contributed by atoms with Crippen LogP contribution in [0.5, 0.6) is 23.0 Å². The van der Waals surface area contributed by atoms with E-state index in [9.17, 15) is 24.0 Å². The minimum Gasteiger partial charge on any atom is -0.431 e. The van der Waals surface area contributed by atoms with Gasteiger partial charge in [0.25, 0.3) is 0 Å². The lowest BCUT2D eigenvalue weighted by Crippen LogP contribution is -2.14. The number of hydrogen-bond donors (Lipinski definition) is 0. The SMILES string of the molecule is C=CC(=O)Oc1ccc(C#Cc2cc(OC(=O)C(=C)C)c(/C=C/OC(=O)c3ccc(OC(=O)C=C)cc3)c(OC(=O)C(=C)C)c2C)cc1. The highest BCUT2D eigenvalue weighted by Gasteiger charge is 2.21. The molecule has 3 aromatic rings. The zero-order valence-corrected chi connectivity index (χ0v) is 26.4. The summed E-state index contributed by atoms with van der Waals surface area (Å²) < 4.78 is 26.6. The molecule has 0 spiro atoms. The maximum absolute atomic E-state index is 12.7. The molecule has 0 aliphatic rings. The van der Waals surface area contributed by atoms with Crippen molar-refractivity contribution in [1.29, 1.82) is 0 Å². The molecule has 0 atom stereocenters. The average molecular weight is 647 g/mol. The van der Waals surface area contributed by atoms with Crippen LogP contribution in [0.3, 0.4) is 0 Å². The molecule has 0 saturated carbocycles. The van der Waals surface area contributed by atoms with Gasteiger partial charge in [-0.15, -0.1) is 0 Å². The second kappa shape index (κ2) is 16.5. The first kappa shape index (κ1) is 35.7. The van der Waals surface area contributed by atoms with E-state index in [2.05, 4.69) is 38.2 Å². The standard InChI is InChI=1S/C38H30O10/c1-8-33(39)45-29-16-11-26(12-17-29)10-13-28-22-32(47-36(41)23(3)4)31(35(25(28)7)48-37(42)24(5)6)20-21-44-38(43)27-14-18-30(19-15-27)46-34(40)9-2/h8-9,11-12,14-22H,1-3,5H2,4,6-7H3/b21-20+. The Hall–Kier alpha value is -6.73. The van der Waals surface area contributed by atoms with Crippen molar-refractivity contribution < 1.29 is 47.7 Å². The van der Waals surface area contributed by atoms with E-state index in [-0.39, 0.29) is 39.5 Å². The van der Waals surface area contributed by atoms with Gasteiger partial charge in [-0.05, 0) is 81.4 Å². The Morgan fingerprint density at radius 1 is 0.708 bits per heavy atom. The summed E-state index contributed by atoms with van der Waals surface area (Å²) in [6.45, 7) is 18.5. The molecule has 3 rings (SSSR count). The van der Waals surface area contributed by atoms with E-state index in [4.69, 9.17) is 23.7 Å². The quantitative estimate of drug-likeness (QED) is 0.0761. The molecule has 0 unspecified atom stereocenters. The molecule has 3 aromatic carbocycles. The van der Waals surface area contributed by atoms with E-state index in [1.165, 1.54) is 50.3 Å². The molecule has 0 heterocycles. The molecule has 10 nitrogen and oxygen atoms in total. The molecule has 0 N–H and O–H groups in total. The molecule has 0 aliphatic heterocycles. The van der Waals surface area contributed by atoms with Gasteiger partial charge < -0.3 is 23.7 Å². The zero-order valence-electron chi connectivity index (χ0n) is 26.4. The van der Waals surface area contributed by atoms with E-state index in [1.54, 1.807) is 31.2 Å². The first-order chi connectivity index (χ1) is 22.8. The van der Waals surface area contributed by atoms with Gasteiger partial charge >= 0.3 is 29.8 Å². The predicted molar refractivity (Wildman–Crippen MR) is 177 cm³/mol. The summed E-state index contributed by atoms with van der Waals surface area (Å²) in [5.41, 5.74) is 1.66. The van der Waals surface area contributed by atoms with Gasteiger partial charge in [-0.3, -0.25) is 0 Å². The van der Waals surface area contributed by atoms with Gasteiger partial charge in [0.1, 0.15) is 23.0 Å². The molecule has 0 fully saturated rings. The van der Waals surface area contributed by atoms with Crippen LogP contribution >= 0.6 is 0 Å². The maximum atomic E-state index is 12.7. The van der Waals surface area contributed by atoms with Crippen LogP contribution in [0.15, 0.2) is 110 Å². The van der Waals surface area contributed by atoms with Crippen molar-refractivity contribution in [2.75, 3.05) is 0 Å². The second-order valence-corrected chi connectivity index (χ2v) is 9.89. The average Bonchev–Trinajstić information content (AvgIpc) is 3.06. The van der Waals surface area contributed by atoms with Gasteiger partial charge in [0.15, 0.2) is 0 Å². The summed E-state index contributed by atoms with van der Waals surface area (Å²) in [4.78, 5) is 60.9. The highest BCUT2D eigenvalue weighted by atomic mass is 16.6. The minimum absolute atomic E-state index is 0.0355. The van der Waals surface area contributed by atoms with E-state index >= 15 is 0 Å². The third-order valence-corrected chi connectivity index (χ3v) is 6.09. The van der Waals surface area contributed by atoms with Crippen molar-refractivity contribution in [3.63, 3.8) is 0 Å². The normalized spacial score (nSPS) is 10.1. The Bertz CT molecular complexity index is 1910. The van der Waals surface area contributed by atoms with Crippen LogP contribution in [0, 0.1) is 18.8 Å². The van der Waals surface area contributed by atoms with Crippen LogP contribution in [0.1, 0.15) is 46.5 Å². The molecule has 0 amide bonds. The molecular formula is C38H30O10. The molecule has 0 aliphatic carbocycles. The van der Waals surface area contributed by atoms with E-state index in [1.807, 2.05) is 0 Å². The summed E-state index contributed by atoms with van der Waals surface area (Å²) in [7, 11) is 0. The molecular weight excluding hydrogens is 616 g/mol. The summed E-state index contributed by atoms with van der Waals surface area (Å²) >= 11 is 0. The van der Waals surface area contributed by atoms with Crippen LogP contribution in [-0.4, -0.2) is 29.8 Å². The van der Waals surface area contributed by atoms with Gasteiger partial charge in [-0.25, -0.2) is 24.0 Å². The number of rotatable bonds is 11. The number of carbonyl (C=O) groups is 5. The minimum atomic E-state index is -0.775. The molecule has 10 heteroatoms. The Labute approximate surface area is 277 Å². The highest BCUT2D eigenvalue weighted by Crippen LogP contribution is 2.37. The van der Waals surface area contributed by atoms with E-state index in [0.29, 0.717) is 22.4 Å². The van der Waals surface area contributed by atoms with Gasteiger partial charge in [-0.1, -0.05) is 38.2 Å². The predicted octanol–water partition coefficient (Wildman–Crippen LogP) is 6.37. The summed E-state index contributed by atoms with van der Waals surface area (Å²) in [6, 6.07) is 13.4. The first-order valence-electron chi connectivity index (χ1n) is 14.0. The lowest BCUT2D eigenvalue weighted by molar-refractivity contribution is -0.130. The fourth-order valence-corrected chi connectivity index (χ4v) is 3.58. The fourth-order valence-electron chi connectivity index (χ4n) is 3.58. The third-order valence-electron chi connectivity index (χ3n) is 6.09. The number of hydrogen-bond acceptors (Lipinski definition) is 10.